The van der Waals surface area contributed by atoms with Crippen LogP contribution in [-0.2, 0) is 33.3 Å². The first-order chi connectivity index (χ1) is 31.6. The Morgan fingerprint density at radius 2 is 0.831 bits per heavy atom. The van der Waals surface area contributed by atoms with Crippen molar-refractivity contribution in [1.29, 1.82) is 0 Å². The highest BCUT2D eigenvalue weighted by Gasteiger charge is 2.25. The van der Waals surface area contributed by atoms with Gasteiger partial charge in [0.05, 0.1) is 34.4 Å². The molecule has 9 nitrogen and oxygen atoms in total. The SMILES string of the molecule is CC/C=C\C/C=C\C/C=C\C/C=C\CCCCCCCCCCCCCCCCC(=O)OC(COC(=O)CCCCC/C=C\C/C=C\C/C=C\CC)COC(OCC[N+](C)(C)C)C(=O)O. The first-order valence-electron chi connectivity index (χ1n) is 25.8. The van der Waals surface area contributed by atoms with E-state index in [-0.39, 0.29) is 38.6 Å². The van der Waals surface area contributed by atoms with Gasteiger partial charge in [0.25, 0.3) is 6.29 Å². The lowest BCUT2D eigenvalue weighted by molar-refractivity contribution is -0.870. The van der Waals surface area contributed by atoms with E-state index in [4.69, 9.17) is 18.9 Å². The van der Waals surface area contributed by atoms with E-state index < -0.39 is 24.3 Å². The molecule has 65 heavy (non-hydrogen) atoms. The second-order valence-electron chi connectivity index (χ2n) is 18.1. The van der Waals surface area contributed by atoms with Crippen molar-refractivity contribution in [3.05, 3.63) is 85.1 Å². The number of unbranched alkanes of at least 4 members (excludes halogenated alkanes) is 17. The van der Waals surface area contributed by atoms with E-state index in [1.807, 2.05) is 21.1 Å². The highest BCUT2D eigenvalue weighted by atomic mass is 16.7. The van der Waals surface area contributed by atoms with Gasteiger partial charge < -0.3 is 28.5 Å². The second-order valence-corrected chi connectivity index (χ2v) is 18.1. The summed E-state index contributed by atoms with van der Waals surface area (Å²) in [4.78, 5) is 37.2. The van der Waals surface area contributed by atoms with Gasteiger partial charge >= 0.3 is 17.9 Å². The van der Waals surface area contributed by atoms with Crippen LogP contribution in [-0.4, -0.2) is 87.4 Å². The van der Waals surface area contributed by atoms with Crippen molar-refractivity contribution >= 4 is 17.9 Å². The molecule has 0 fully saturated rings. The number of ether oxygens (including phenoxy) is 4. The lowest BCUT2D eigenvalue weighted by Gasteiger charge is -2.25. The normalized spacial score (nSPS) is 13.6. The summed E-state index contributed by atoms with van der Waals surface area (Å²) in [5.41, 5.74) is 0. The summed E-state index contributed by atoms with van der Waals surface area (Å²) in [5, 5.41) is 9.66. The lowest BCUT2D eigenvalue weighted by Crippen LogP contribution is -2.40. The zero-order chi connectivity index (χ0) is 47.7. The van der Waals surface area contributed by atoms with Gasteiger partial charge in [-0.15, -0.1) is 0 Å². The van der Waals surface area contributed by atoms with Gasteiger partial charge in [-0.1, -0.05) is 182 Å². The molecular formula is C56H96NO8+. The van der Waals surface area contributed by atoms with E-state index in [9.17, 15) is 19.5 Å². The fourth-order valence-corrected chi connectivity index (χ4v) is 6.72. The third kappa shape index (κ3) is 48.2. The monoisotopic (exact) mass is 911 g/mol. The maximum absolute atomic E-state index is 12.8. The molecule has 0 aromatic rings. The summed E-state index contributed by atoms with van der Waals surface area (Å²) in [6.45, 7) is 4.60. The van der Waals surface area contributed by atoms with Gasteiger partial charge in [0.1, 0.15) is 13.2 Å². The van der Waals surface area contributed by atoms with Gasteiger partial charge in [-0.2, -0.15) is 0 Å². The molecule has 0 heterocycles. The summed E-state index contributed by atoms with van der Waals surface area (Å²) >= 11 is 0. The Bertz CT molecular complexity index is 1340. The zero-order valence-corrected chi connectivity index (χ0v) is 42.1. The number of esters is 2. The first kappa shape index (κ1) is 61.5. The van der Waals surface area contributed by atoms with Gasteiger partial charge in [0.2, 0.25) is 0 Å². The molecule has 0 bridgehead atoms. The van der Waals surface area contributed by atoms with Crippen molar-refractivity contribution < 1.29 is 42.9 Å². The molecule has 372 valence electrons. The molecule has 0 amide bonds. The predicted octanol–water partition coefficient (Wildman–Crippen LogP) is 14.4. The number of rotatable bonds is 46. The van der Waals surface area contributed by atoms with Crippen LogP contribution in [0.4, 0.5) is 0 Å². The minimum absolute atomic E-state index is 0.179. The van der Waals surface area contributed by atoms with Crippen molar-refractivity contribution in [1.82, 2.24) is 0 Å². The van der Waals surface area contributed by atoms with Gasteiger partial charge in [-0.3, -0.25) is 9.59 Å². The number of aliphatic carboxylic acids is 1. The molecule has 0 rings (SSSR count). The van der Waals surface area contributed by atoms with Crippen LogP contribution in [0.15, 0.2) is 85.1 Å². The molecule has 0 aliphatic carbocycles. The molecule has 9 heteroatoms. The fraction of sp³-hybridized carbons (Fsp3) is 0.696. The van der Waals surface area contributed by atoms with Crippen molar-refractivity contribution in [2.75, 3.05) is 47.5 Å². The molecule has 0 radical (unpaired) electrons. The average Bonchev–Trinajstić information content (AvgIpc) is 3.27. The quantitative estimate of drug-likeness (QED) is 0.0211. The van der Waals surface area contributed by atoms with E-state index in [2.05, 4.69) is 98.9 Å². The van der Waals surface area contributed by atoms with Crippen LogP contribution in [0.2, 0.25) is 0 Å². The van der Waals surface area contributed by atoms with Crippen molar-refractivity contribution in [2.45, 2.75) is 206 Å². The topological polar surface area (TPSA) is 108 Å². The van der Waals surface area contributed by atoms with Crippen molar-refractivity contribution in [3.63, 3.8) is 0 Å². The Balaban J connectivity index is 4.26. The van der Waals surface area contributed by atoms with Gasteiger partial charge in [0.15, 0.2) is 6.10 Å². The third-order valence-corrected chi connectivity index (χ3v) is 10.6. The van der Waals surface area contributed by atoms with Crippen molar-refractivity contribution in [3.8, 4) is 0 Å². The second kappa shape index (κ2) is 47.0. The molecule has 0 spiro atoms. The summed E-state index contributed by atoms with van der Waals surface area (Å²) in [7, 11) is 5.94. The van der Waals surface area contributed by atoms with Crippen LogP contribution in [0, 0.1) is 0 Å². The number of carbonyl (C=O) groups is 3. The minimum Gasteiger partial charge on any atom is -0.477 e. The average molecular weight is 911 g/mol. The standard InChI is InChI=1S/C56H95NO8/c1-6-8-10-12-14-16-18-20-21-22-23-24-25-26-27-28-29-30-31-32-33-35-37-39-41-43-45-47-54(59)65-52(51-64-56(55(60)61)62-49-48-57(3,4)5)50-63-53(58)46-44-42-40-38-36-34-19-17-15-13-11-9-7-2/h8-11,14-17,20-21,23-24,34,36,52,56H,6-7,12-13,18-19,22,25-33,35,37-51H2,1-5H3/p+1/b10-8-,11-9-,16-14-,17-15-,21-20-,24-23-,36-34-. The van der Waals surface area contributed by atoms with Crippen LogP contribution in [0.3, 0.4) is 0 Å². The highest BCUT2D eigenvalue weighted by Crippen LogP contribution is 2.15. The molecule has 0 saturated carbocycles. The fourth-order valence-electron chi connectivity index (χ4n) is 6.72. The molecule has 1 N–H and O–H groups in total. The number of likely N-dealkylation sites (N-methyl/N-ethyl adjacent to an activating group) is 1. The summed E-state index contributed by atoms with van der Waals surface area (Å²) < 4.78 is 22.8. The maximum atomic E-state index is 12.8. The molecule has 0 aromatic carbocycles. The molecule has 2 atom stereocenters. The summed E-state index contributed by atoms with van der Waals surface area (Å²) in [5.74, 6) is -2.05. The van der Waals surface area contributed by atoms with E-state index in [1.165, 1.54) is 70.6 Å². The summed E-state index contributed by atoms with van der Waals surface area (Å²) in [6, 6.07) is 0. The Morgan fingerprint density at radius 1 is 0.462 bits per heavy atom. The number of carboxylic acids is 1. The van der Waals surface area contributed by atoms with E-state index in [0.717, 1.165) is 83.5 Å². The Morgan fingerprint density at radius 3 is 1.25 bits per heavy atom. The molecule has 2 unspecified atom stereocenters. The number of quaternary nitrogens is 1. The lowest BCUT2D eigenvalue weighted by atomic mass is 10.0. The predicted molar refractivity (Wildman–Crippen MR) is 272 cm³/mol. The largest absolute Gasteiger partial charge is 0.477 e. The molecule has 0 aromatic heterocycles. The first-order valence-corrected chi connectivity index (χ1v) is 25.8. The van der Waals surface area contributed by atoms with Gasteiger partial charge in [-0.05, 0) is 83.5 Å². The number of carbonyl (C=O) groups excluding carboxylic acids is 2. The number of hydrogen-bond acceptors (Lipinski definition) is 7. The van der Waals surface area contributed by atoms with Crippen LogP contribution < -0.4 is 0 Å². The van der Waals surface area contributed by atoms with Crippen molar-refractivity contribution in [2.24, 2.45) is 0 Å². The van der Waals surface area contributed by atoms with Gasteiger partial charge in [0, 0.05) is 12.8 Å². The maximum Gasteiger partial charge on any atom is 0.361 e. The molecule has 0 aliphatic rings. The van der Waals surface area contributed by atoms with E-state index >= 15 is 0 Å². The number of nitrogens with zero attached hydrogens (tertiary/aromatic N) is 1. The highest BCUT2D eigenvalue weighted by molar-refractivity contribution is 5.71. The van der Waals surface area contributed by atoms with Crippen LogP contribution in [0.25, 0.3) is 0 Å². The minimum atomic E-state index is -1.52. The molecular weight excluding hydrogens is 815 g/mol. The summed E-state index contributed by atoms with van der Waals surface area (Å²) in [6.07, 6.45) is 58.0. The molecule has 0 saturated heterocycles. The Labute approximate surface area is 398 Å². The van der Waals surface area contributed by atoms with Crippen LogP contribution in [0.1, 0.15) is 194 Å². The Hall–Kier alpha value is -3.53. The third-order valence-electron chi connectivity index (χ3n) is 10.6. The van der Waals surface area contributed by atoms with Gasteiger partial charge in [-0.25, -0.2) is 4.79 Å². The zero-order valence-electron chi connectivity index (χ0n) is 42.1. The van der Waals surface area contributed by atoms with E-state index in [0.29, 0.717) is 23.9 Å². The Kier molecular flexibility index (Phi) is 44.4. The number of hydrogen-bond donors (Lipinski definition) is 1. The van der Waals surface area contributed by atoms with Crippen LogP contribution in [0.5, 0.6) is 0 Å². The smallest absolute Gasteiger partial charge is 0.361 e. The van der Waals surface area contributed by atoms with E-state index in [1.54, 1.807) is 0 Å². The number of carboxylic acid groups (broad SMARTS) is 1. The molecule has 0 aliphatic heterocycles. The van der Waals surface area contributed by atoms with Crippen LogP contribution >= 0.6 is 0 Å². The number of allylic oxidation sites excluding steroid dienone is 14.